The maximum Gasteiger partial charge on any atom is 0.326 e. The van der Waals surface area contributed by atoms with Crippen LogP contribution in [0, 0.1) is 0 Å². The van der Waals surface area contributed by atoms with E-state index in [1.54, 1.807) is 18.2 Å². The molecule has 134 valence electrons. The average Bonchev–Trinajstić information content (AvgIpc) is 2.84. The van der Waals surface area contributed by atoms with Crippen LogP contribution in [0.3, 0.4) is 0 Å². The first-order valence-electron chi connectivity index (χ1n) is 7.25. The maximum absolute atomic E-state index is 12.7. The Kier molecular flexibility index (Phi) is 6.74. The number of carboxylic acids is 1. The Bertz CT molecular complexity index is 734. The van der Waals surface area contributed by atoms with Gasteiger partial charge in [0.15, 0.2) is 11.5 Å². The molecule has 1 aliphatic rings. The van der Waals surface area contributed by atoms with Gasteiger partial charge in [-0.3, -0.25) is 9.69 Å². The number of hydrogen-bond donors (Lipinski definition) is 2. The Labute approximate surface area is 159 Å². The van der Waals surface area contributed by atoms with E-state index in [1.165, 1.54) is 24.9 Å². The van der Waals surface area contributed by atoms with E-state index < -0.39 is 17.9 Å². The Morgan fingerprint density at radius 3 is 2.84 bits per heavy atom. The Morgan fingerprint density at radius 2 is 2.24 bits per heavy atom. The predicted octanol–water partition coefficient (Wildman–Crippen LogP) is 2.81. The highest BCUT2D eigenvalue weighted by Gasteiger charge is 2.40. The second-order valence-corrected chi connectivity index (χ2v) is 7.75. The second kappa shape index (κ2) is 8.59. The quantitative estimate of drug-likeness (QED) is 0.535. The molecule has 0 spiro atoms. The van der Waals surface area contributed by atoms with E-state index in [4.69, 9.17) is 17.0 Å². The standard InChI is InChI=1S/C16H17NO5S3/c1-22-11-5-3-4-9(13(11)18)8-12-14(19)17(16(23)25-12)10(15(20)21)6-7-24-2/h3-5,8,10,18H,6-7H2,1-2H3,(H,20,21)/b12-8+/t10-/m0/s1. The number of para-hydroxylation sites is 1. The molecule has 0 unspecified atom stereocenters. The second-order valence-electron chi connectivity index (χ2n) is 5.09. The third-order valence-electron chi connectivity index (χ3n) is 3.55. The molecular weight excluding hydrogens is 382 g/mol. The van der Waals surface area contributed by atoms with Crippen LogP contribution in [0.2, 0.25) is 0 Å². The molecule has 1 heterocycles. The molecular formula is C16H17NO5S3. The summed E-state index contributed by atoms with van der Waals surface area (Å²) in [5.74, 6) is -0.759. The molecule has 2 N–H and O–H groups in total. The normalized spacial score (nSPS) is 17.2. The summed E-state index contributed by atoms with van der Waals surface area (Å²) >= 11 is 7.74. The molecule has 1 aromatic rings. The van der Waals surface area contributed by atoms with E-state index in [-0.39, 0.29) is 20.7 Å². The molecule has 2 rings (SSSR count). The molecule has 1 aliphatic heterocycles. The van der Waals surface area contributed by atoms with Crippen LogP contribution in [0.5, 0.6) is 11.5 Å². The van der Waals surface area contributed by atoms with Crippen LogP contribution in [0.4, 0.5) is 0 Å². The number of benzene rings is 1. The van der Waals surface area contributed by atoms with Crippen LogP contribution in [0.15, 0.2) is 23.1 Å². The van der Waals surface area contributed by atoms with Crippen LogP contribution in [0.25, 0.3) is 6.08 Å². The molecule has 25 heavy (non-hydrogen) atoms. The minimum atomic E-state index is -1.09. The number of aromatic hydroxyl groups is 1. The number of phenols is 1. The summed E-state index contributed by atoms with van der Waals surface area (Å²) in [5.41, 5.74) is 0.399. The molecule has 0 bridgehead atoms. The summed E-state index contributed by atoms with van der Waals surface area (Å²) in [7, 11) is 1.43. The first kappa shape index (κ1) is 19.6. The zero-order valence-corrected chi connectivity index (χ0v) is 16.0. The summed E-state index contributed by atoms with van der Waals surface area (Å²) < 4.78 is 5.25. The Balaban J connectivity index is 2.33. The van der Waals surface area contributed by atoms with Crippen LogP contribution < -0.4 is 4.74 Å². The van der Waals surface area contributed by atoms with Crippen molar-refractivity contribution >= 4 is 58.0 Å². The van der Waals surface area contributed by atoms with Crippen molar-refractivity contribution in [1.82, 2.24) is 4.90 Å². The van der Waals surface area contributed by atoms with Gasteiger partial charge in [-0.2, -0.15) is 11.8 Å². The monoisotopic (exact) mass is 399 g/mol. The highest BCUT2D eigenvalue weighted by atomic mass is 32.2. The molecule has 6 nitrogen and oxygen atoms in total. The van der Waals surface area contributed by atoms with Crippen molar-refractivity contribution in [3.63, 3.8) is 0 Å². The average molecular weight is 400 g/mol. The number of thiocarbonyl (C=S) groups is 1. The first-order valence-corrected chi connectivity index (χ1v) is 9.87. The van der Waals surface area contributed by atoms with Crippen LogP contribution in [-0.4, -0.2) is 56.5 Å². The third kappa shape index (κ3) is 4.28. The van der Waals surface area contributed by atoms with Crippen LogP contribution in [-0.2, 0) is 9.59 Å². The number of aliphatic carboxylic acids is 1. The summed E-state index contributed by atoms with van der Waals surface area (Å²) in [6.07, 6.45) is 3.67. The van der Waals surface area contributed by atoms with E-state index in [0.29, 0.717) is 17.7 Å². The molecule has 1 atom stereocenters. The zero-order chi connectivity index (χ0) is 18.6. The predicted molar refractivity (Wildman–Crippen MR) is 104 cm³/mol. The minimum Gasteiger partial charge on any atom is -0.504 e. The number of rotatable bonds is 7. The highest BCUT2D eigenvalue weighted by Crippen LogP contribution is 2.38. The van der Waals surface area contributed by atoms with Gasteiger partial charge >= 0.3 is 5.97 Å². The first-order chi connectivity index (χ1) is 11.9. The van der Waals surface area contributed by atoms with Gasteiger partial charge in [-0.1, -0.05) is 36.1 Å². The molecule has 1 amide bonds. The van der Waals surface area contributed by atoms with Crippen molar-refractivity contribution in [1.29, 1.82) is 0 Å². The van der Waals surface area contributed by atoms with Crippen molar-refractivity contribution < 1.29 is 24.5 Å². The third-order valence-corrected chi connectivity index (χ3v) is 5.53. The molecule has 1 saturated heterocycles. The number of carbonyl (C=O) groups is 2. The number of carbonyl (C=O) groups excluding carboxylic acids is 1. The van der Waals surface area contributed by atoms with Crippen LogP contribution >= 0.6 is 35.7 Å². The maximum atomic E-state index is 12.7. The van der Waals surface area contributed by atoms with E-state index >= 15 is 0 Å². The van der Waals surface area contributed by atoms with Crippen molar-refractivity contribution in [2.45, 2.75) is 12.5 Å². The number of thioether (sulfide) groups is 2. The fraction of sp³-hybridized carbons (Fsp3) is 0.312. The number of methoxy groups -OCH3 is 1. The fourth-order valence-corrected chi connectivity index (χ4v) is 4.11. The molecule has 9 heteroatoms. The number of carboxylic acid groups (broad SMARTS) is 1. The molecule has 1 aromatic carbocycles. The van der Waals surface area contributed by atoms with Gasteiger partial charge < -0.3 is 14.9 Å². The van der Waals surface area contributed by atoms with Gasteiger partial charge in [-0.15, -0.1) is 0 Å². The van der Waals surface area contributed by atoms with E-state index in [2.05, 4.69) is 0 Å². The molecule has 0 aliphatic carbocycles. The molecule has 0 aromatic heterocycles. The van der Waals surface area contributed by atoms with Crippen LogP contribution in [0.1, 0.15) is 12.0 Å². The van der Waals surface area contributed by atoms with Gasteiger partial charge in [0.1, 0.15) is 10.4 Å². The lowest BCUT2D eigenvalue weighted by Gasteiger charge is -2.22. The number of hydrogen-bond acceptors (Lipinski definition) is 7. The Morgan fingerprint density at radius 1 is 1.52 bits per heavy atom. The van der Waals surface area contributed by atoms with Crippen molar-refractivity contribution in [3.8, 4) is 11.5 Å². The van der Waals surface area contributed by atoms with Gasteiger partial charge in [-0.25, -0.2) is 4.79 Å². The lowest BCUT2D eigenvalue weighted by molar-refractivity contribution is -0.145. The van der Waals surface area contributed by atoms with Crippen molar-refractivity contribution in [2.24, 2.45) is 0 Å². The minimum absolute atomic E-state index is 0.0903. The number of ether oxygens (including phenoxy) is 1. The fourth-order valence-electron chi connectivity index (χ4n) is 2.30. The summed E-state index contributed by atoms with van der Waals surface area (Å²) in [6.45, 7) is 0. The van der Waals surface area contributed by atoms with Gasteiger partial charge in [0.05, 0.1) is 12.0 Å². The lowest BCUT2D eigenvalue weighted by atomic mass is 10.1. The van der Waals surface area contributed by atoms with E-state index in [1.807, 2.05) is 6.26 Å². The van der Waals surface area contributed by atoms with Crippen molar-refractivity contribution in [2.75, 3.05) is 19.1 Å². The Hall–Kier alpha value is -1.71. The smallest absolute Gasteiger partial charge is 0.326 e. The summed E-state index contributed by atoms with van der Waals surface area (Å²) in [5, 5.41) is 19.6. The van der Waals surface area contributed by atoms with Gasteiger partial charge in [0.25, 0.3) is 5.91 Å². The highest BCUT2D eigenvalue weighted by molar-refractivity contribution is 8.26. The lowest BCUT2D eigenvalue weighted by Crippen LogP contribution is -2.44. The summed E-state index contributed by atoms with van der Waals surface area (Å²) in [6, 6.07) is 3.92. The van der Waals surface area contributed by atoms with Gasteiger partial charge in [0, 0.05) is 5.56 Å². The molecule has 1 fully saturated rings. The topological polar surface area (TPSA) is 87.1 Å². The van der Waals surface area contributed by atoms with Crippen molar-refractivity contribution in [3.05, 3.63) is 28.7 Å². The van der Waals surface area contributed by atoms with E-state index in [9.17, 15) is 19.8 Å². The zero-order valence-electron chi connectivity index (χ0n) is 13.6. The number of nitrogens with zero attached hydrogens (tertiary/aromatic N) is 1. The molecule has 0 saturated carbocycles. The largest absolute Gasteiger partial charge is 0.504 e. The van der Waals surface area contributed by atoms with Gasteiger partial charge in [0.2, 0.25) is 0 Å². The number of amides is 1. The number of phenolic OH excluding ortho intramolecular Hbond substituents is 1. The SMILES string of the molecule is COc1cccc(/C=C2/SC(=S)N([C@@H](CCSC)C(=O)O)C2=O)c1O. The van der Waals surface area contributed by atoms with E-state index in [0.717, 1.165) is 16.7 Å². The van der Waals surface area contributed by atoms with Gasteiger partial charge in [-0.05, 0) is 30.6 Å². The molecule has 0 radical (unpaired) electrons. The summed E-state index contributed by atoms with van der Waals surface area (Å²) in [4.78, 5) is 25.6.